The zero-order valence-electron chi connectivity index (χ0n) is 28.9. The molecule has 242 valence electrons. The van der Waals surface area contributed by atoms with E-state index in [0.717, 1.165) is 60.7 Å². The number of para-hydroxylation sites is 1. The molecular weight excluding hydrogens is 571 g/mol. The number of aromatic nitrogens is 1. The highest BCUT2D eigenvalue weighted by atomic mass is 28.4. The molecule has 0 saturated carbocycles. The molecule has 6 nitrogen and oxygen atoms in total. The van der Waals surface area contributed by atoms with Crippen molar-refractivity contribution in [3.05, 3.63) is 47.7 Å². The number of carbonyl (C=O) groups is 1. The molecule has 0 aliphatic carbocycles. The van der Waals surface area contributed by atoms with Crippen LogP contribution in [0.2, 0.25) is 36.3 Å². The number of aliphatic hydroxyl groups excluding tert-OH is 1. The highest BCUT2D eigenvalue weighted by molar-refractivity contribution is 6.74. The molecule has 43 heavy (non-hydrogen) atoms. The number of pyridine rings is 1. The van der Waals surface area contributed by atoms with Gasteiger partial charge in [-0.05, 0) is 86.1 Å². The van der Waals surface area contributed by atoms with Crippen molar-refractivity contribution in [2.45, 2.75) is 148 Å². The molecule has 1 heterocycles. The monoisotopic (exact) mass is 629 g/mol. The Bertz CT molecular complexity index is 1200. The quantitative estimate of drug-likeness (QED) is 0.0861. The number of rotatable bonds is 16. The van der Waals surface area contributed by atoms with Crippen LogP contribution in [0.25, 0.3) is 17.0 Å². The van der Waals surface area contributed by atoms with Gasteiger partial charge in [0.25, 0.3) is 8.32 Å². The highest BCUT2D eigenvalue weighted by Gasteiger charge is 2.43. The van der Waals surface area contributed by atoms with Gasteiger partial charge in [-0.3, -0.25) is 0 Å². The SMILES string of the molecule is CCCCC[C@H](O)c1nc2ccccc2cc1C=CCCCCC(O[Si](C)(C)C(C)(C)C)C(=O)OO[Si](C)(C)C(C)(C)C. The van der Waals surface area contributed by atoms with Crippen molar-refractivity contribution < 1.29 is 23.8 Å². The maximum Gasteiger partial charge on any atom is 0.368 e. The van der Waals surface area contributed by atoms with Crippen molar-refractivity contribution in [2.24, 2.45) is 0 Å². The van der Waals surface area contributed by atoms with Crippen LogP contribution in [-0.2, 0) is 18.7 Å². The first-order chi connectivity index (χ1) is 19.9. The minimum Gasteiger partial charge on any atom is -0.403 e. The molecule has 0 spiro atoms. The topological polar surface area (TPSA) is 77.9 Å². The van der Waals surface area contributed by atoms with Gasteiger partial charge in [0.2, 0.25) is 0 Å². The normalized spacial score (nSPS) is 14.8. The van der Waals surface area contributed by atoms with Crippen LogP contribution in [0.1, 0.15) is 117 Å². The number of unbranched alkanes of at least 4 members (excludes halogenated alkanes) is 4. The Hall–Kier alpha value is -1.85. The van der Waals surface area contributed by atoms with Crippen molar-refractivity contribution in [2.75, 3.05) is 0 Å². The Balaban J connectivity index is 2.09. The first-order valence-corrected chi connectivity index (χ1v) is 22.0. The number of carbonyl (C=O) groups excluding carboxylic acids is 1. The third kappa shape index (κ3) is 11.2. The van der Waals surface area contributed by atoms with Gasteiger partial charge in [0.15, 0.2) is 8.32 Å². The van der Waals surface area contributed by atoms with E-state index in [1.165, 1.54) is 0 Å². The molecule has 0 aliphatic rings. The maximum atomic E-state index is 13.3. The van der Waals surface area contributed by atoms with Crippen molar-refractivity contribution in [1.29, 1.82) is 0 Å². The molecule has 0 aliphatic heterocycles. The van der Waals surface area contributed by atoms with Crippen LogP contribution in [0.4, 0.5) is 0 Å². The van der Waals surface area contributed by atoms with Crippen LogP contribution in [0.3, 0.4) is 0 Å². The van der Waals surface area contributed by atoms with Crippen LogP contribution in [0.5, 0.6) is 0 Å². The van der Waals surface area contributed by atoms with E-state index >= 15 is 0 Å². The molecule has 0 saturated heterocycles. The lowest BCUT2D eigenvalue weighted by Gasteiger charge is -2.39. The van der Waals surface area contributed by atoms with E-state index in [1.807, 2.05) is 18.2 Å². The van der Waals surface area contributed by atoms with Crippen molar-refractivity contribution >= 4 is 39.6 Å². The lowest BCUT2D eigenvalue weighted by molar-refractivity contribution is -0.229. The second-order valence-electron chi connectivity index (χ2n) is 15.0. The van der Waals surface area contributed by atoms with Crippen LogP contribution in [0.15, 0.2) is 36.4 Å². The second kappa shape index (κ2) is 15.9. The average molecular weight is 630 g/mol. The molecule has 1 N–H and O–H groups in total. The Kier molecular flexibility index (Phi) is 13.8. The number of aliphatic hydroxyl groups is 1. The van der Waals surface area contributed by atoms with Crippen LogP contribution in [-0.4, -0.2) is 38.8 Å². The summed E-state index contributed by atoms with van der Waals surface area (Å²) in [6.07, 6.45) is 10.1. The Labute approximate surface area is 263 Å². The van der Waals surface area contributed by atoms with E-state index < -0.39 is 34.8 Å². The maximum absolute atomic E-state index is 13.3. The van der Waals surface area contributed by atoms with E-state index in [-0.39, 0.29) is 10.1 Å². The fraction of sp³-hybridized carbons (Fsp3) is 0.657. The third-order valence-corrected chi connectivity index (χ3v) is 17.8. The van der Waals surface area contributed by atoms with Gasteiger partial charge in [0.1, 0.15) is 6.10 Å². The van der Waals surface area contributed by atoms with Crippen molar-refractivity contribution in [3.63, 3.8) is 0 Å². The summed E-state index contributed by atoms with van der Waals surface area (Å²) < 4.78 is 12.4. The molecule has 1 aromatic heterocycles. The first kappa shape index (κ1) is 37.3. The van der Waals surface area contributed by atoms with Gasteiger partial charge in [-0.1, -0.05) is 98.1 Å². The van der Waals surface area contributed by atoms with Gasteiger partial charge in [-0.15, -0.1) is 0 Å². The Morgan fingerprint density at radius 3 is 2.19 bits per heavy atom. The van der Waals surface area contributed by atoms with E-state index in [9.17, 15) is 9.90 Å². The van der Waals surface area contributed by atoms with E-state index in [2.05, 4.69) is 98.9 Å². The number of benzene rings is 1. The van der Waals surface area contributed by atoms with Gasteiger partial charge in [0.05, 0.1) is 17.3 Å². The summed E-state index contributed by atoms with van der Waals surface area (Å²) in [5.41, 5.74) is 2.62. The predicted molar refractivity (Wildman–Crippen MR) is 185 cm³/mol. The average Bonchev–Trinajstić information content (AvgIpc) is 2.91. The minimum absolute atomic E-state index is 0.0265. The number of hydrogen-bond donors (Lipinski definition) is 1. The van der Waals surface area contributed by atoms with E-state index in [1.54, 1.807) is 0 Å². The molecule has 8 heteroatoms. The minimum atomic E-state index is -2.25. The second-order valence-corrected chi connectivity index (χ2v) is 24.4. The molecule has 0 amide bonds. The summed E-state index contributed by atoms with van der Waals surface area (Å²) in [4.78, 5) is 23.6. The van der Waals surface area contributed by atoms with Gasteiger partial charge in [0, 0.05) is 5.39 Å². The molecule has 2 aromatic rings. The fourth-order valence-corrected chi connectivity index (χ4v) is 5.97. The van der Waals surface area contributed by atoms with Gasteiger partial charge >= 0.3 is 5.97 Å². The lowest BCUT2D eigenvalue weighted by Crippen LogP contribution is -2.47. The third-order valence-electron chi connectivity index (χ3n) is 9.21. The van der Waals surface area contributed by atoms with Crippen molar-refractivity contribution in [1.82, 2.24) is 4.98 Å². The molecule has 2 rings (SSSR count). The lowest BCUT2D eigenvalue weighted by atomic mass is 10.0. The first-order valence-electron chi connectivity index (χ1n) is 16.2. The van der Waals surface area contributed by atoms with Crippen molar-refractivity contribution in [3.8, 4) is 0 Å². The van der Waals surface area contributed by atoms with E-state index in [4.69, 9.17) is 18.9 Å². The summed E-state index contributed by atoms with van der Waals surface area (Å²) in [6.45, 7) is 23.5. The van der Waals surface area contributed by atoms with Crippen LogP contribution in [0, 0.1) is 0 Å². The number of hydrogen-bond acceptors (Lipinski definition) is 6. The summed E-state index contributed by atoms with van der Waals surface area (Å²) in [6, 6.07) is 10.2. The zero-order chi connectivity index (χ0) is 32.5. The molecular formula is C35H59NO5Si2. The van der Waals surface area contributed by atoms with Gasteiger partial charge in [-0.25, -0.2) is 14.4 Å². The highest BCUT2D eigenvalue weighted by Crippen LogP contribution is 2.39. The van der Waals surface area contributed by atoms with Gasteiger partial charge in [-0.2, -0.15) is 0 Å². The number of nitrogens with zero attached hydrogens (tertiary/aromatic N) is 1. The molecule has 0 radical (unpaired) electrons. The molecule has 1 unspecified atom stereocenters. The molecule has 0 bridgehead atoms. The van der Waals surface area contributed by atoms with Crippen LogP contribution < -0.4 is 0 Å². The molecule has 0 fully saturated rings. The predicted octanol–water partition coefficient (Wildman–Crippen LogP) is 10.3. The summed E-state index contributed by atoms with van der Waals surface area (Å²) >= 11 is 0. The summed E-state index contributed by atoms with van der Waals surface area (Å²) in [5.74, 6) is -0.422. The largest absolute Gasteiger partial charge is 0.403 e. The Morgan fingerprint density at radius 2 is 1.56 bits per heavy atom. The Morgan fingerprint density at radius 1 is 0.930 bits per heavy atom. The zero-order valence-corrected chi connectivity index (χ0v) is 30.9. The van der Waals surface area contributed by atoms with Gasteiger partial charge < -0.3 is 14.4 Å². The molecule has 1 aromatic carbocycles. The fourth-order valence-electron chi connectivity index (χ4n) is 4.16. The number of allylic oxidation sites excluding steroid dienone is 1. The van der Waals surface area contributed by atoms with E-state index in [0.29, 0.717) is 12.8 Å². The smallest absolute Gasteiger partial charge is 0.368 e. The standard InChI is InChI=1S/C35H59NO5Si2/c1-12-13-16-24-30(37)32-28(26-27-21-19-20-23-29(27)36-32)22-17-14-15-18-25-31(40-42(8,9)34(2,3)4)33(38)39-41-43(10,11)35(5,6)7/h17,19-23,26,30-31,37H,12-16,18,24-25H2,1-11H3/t30-,31?/m0/s1. The summed E-state index contributed by atoms with van der Waals surface area (Å²) in [7, 11) is -4.45. The molecule has 2 atom stereocenters. The van der Waals surface area contributed by atoms with Crippen LogP contribution >= 0.6 is 0 Å². The number of fused-ring (bicyclic) bond motifs is 1. The summed E-state index contributed by atoms with van der Waals surface area (Å²) in [5, 5.41) is 11.9.